The zero-order chi connectivity index (χ0) is 14.1. The largest absolute Gasteiger partial charge is 0.334 e. The van der Waals surface area contributed by atoms with Gasteiger partial charge in [-0.25, -0.2) is 0 Å². The van der Waals surface area contributed by atoms with Crippen LogP contribution in [0.4, 0.5) is 0 Å². The van der Waals surface area contributed by atoms with Crippen molar-refractivity contribution in [1.29, 1.82) is 0 Å². The highest BCUT2D eigenvalue weighted by molar-refractivity contribution is 9.10. The van der Waals surface area contributed by atoms with E-state index < -0.39 is 0 Å². The molecule has 0 radical (unpaired) electrons. The summed E-state index contributed by atoms with van der Waals surface area (Å²) in [7, 11) is 0. The van der Waals surface area contributed by atoms with Crippen LogP contribution in [0.3, 0.4) is 0 Å². The Morgan fingerprint density at radius 3 is 2.85 bits per heavy atom. The Labute approximate surface area is 128 Å². The molecule has 1 aliphatic carbocycles. The molecule has 3 rings (SSSR count). The van der Waals surface area contributed by atoms with Crippen LogP contribution < -0.4 is 5.32 Å². The van der Waals surface area contributed by atoms with E-state index in [4.69, 9.17) is 0 Å². The predicted molar refractivity (Wildman–Crippen MR) is 84.0 cm³/mol. The average Bonchev–Trinajstić information content (AvgIpc) is 3.15. The lowest BCUT2D eigenvalue weighted by Gasteiger charge is -2.26. The molecule has 20 heavy (non-hydrogen) atoms. The third-order valence-corrected chi connectivity index (χ3v) is 5.19. The minimum atomic E-state index is 0.194. The summed E-state index contributed by atoms with van der Waals surface area (Å²) in [4.78, 5) is 15.0. The molecule has 0 spiro atoms. The van der Waals surface area contributed by atoms with E-state index in [9.17, 15) is 4.79 Å². The van der Waals surface area contributed by atoms with Gasteiger partial charge in [0.2, 0.25) is 0 Å². The number of rotatable bonds is 4. The third-order valence-electron chi connectivity index (χ3n) is 4.33. The fourth-order valence-corrected chi connectivity index (χ4v) is 3.29. The lowest BCUT2D eigenvalue weighted by Crippen LogP contribution is -2.42. The van der Waals surface area contributed by atoms with Crippen molar-refractivity contribution in [3.63, 3.8) is 0 Å². The van der Waals surface area contributed by atoms with Crippen molar-refractivity contribution >= 4 is 21.8 Å². The van der Waals surface area contributed by atoms with E-state index in [2.05, 4.69) is 26.1 Å². The smallest absolute Gasteiger partial charge is 0.254 e. The molecule has 1 N–H and O–H groups in total. The van der Waals surface area contributed by atoms with Crippen LogP contribution in [0.1, 0.15) is 41.6 Å². The highest BCUT2D eigenvalue weighted by Crippen LogP contribution is 2.30. The van der Waals surface area contributed by atoms with Gasteiger partial charge in [0.1, 0.15) is 0 Å². The molecule has 1 saturated heterocycles. The predicted octanol–water partition coefficient (Wildman–Crippen LogP) is 3.11. The summed E-state index contributed by atoms with van der Waals surface area (Å²) in [5.74, 6) is 0.194. The first-order chi connectivity index (χ1) is 9.66. The lowest BCUT2D eigenvalue weighted by atomic mass is 10.1. The minimum Gasteiger partial charge on any atom is -0.334 e. The van der Waals surface area contributed by atoms with Gasteiger partial charge in [-0.05, 0) is 56.8 Å². The van der Waals surface area contributed by atoms with Crippen molar-refractivity contribution < 1.29 is 4.79 Å². The van der Waals surface area contributed by atoms with Crippen LogP contribution in [-0.4, -0.2) is 36.0 Å². The number of halogens is 1. The van der Waals surface area contributed by atoms with Gasteiger partial charge in [-0.2, -0.15) is 0 Å². The van der Waals surface area contributed by atoms with Crippen molar-refractivity contribution in [1.82, 2.24) is 10.2 Å². The molecular formula is C16H21BrN2O. The van der Waals surface area contributed by atoms with E-state index in [1.807, 2.05) is 25.1 Å². The van der Waals surface area contributed by atoms with Crippen molar-refractivity contribution in [2.24, 2.45) is 0 Å². The molecule has 1 aromatic rings. The number of carbonyl (C=O) groups excluding carboxylic acids is 1. The Morgan fingerprint density at radius 2 is 2.20 bits per heavy atom. The second-order valence-electron chi connectivity index (χ2n) is 5.89. The highest BCUT2D eigenvalue weighted by Gasteiger charge is 2.35. The monoisotopic (exact) mass is 336 g/mol. The zero-order valence-corrected chi connectivity index (χ0v) is 13.4. The molecule has 4 heteroatoms. The molecule has 3 nitrogen and oxygen atoms in total. The van der Waals surface area contributed by atoms with Gasteiger partial charge in [0.15, 0.2) is 0 Å². The lowest BCUT2D eigenvalue weighted by molar-refractivity contribution is 0.0728. The quantitative estimate of drug-likeness (QED) is 0.916. The molecule has 1 atom stereocenters. The number of benzene rings is 1. The Bertz CT molecular complexity index is 507. The number of nitrogens with zero attached hydrogens (tertiary/aromatic N) is 1. The van der Waals surface area contributed by atoms with E-state index in [0.717, 1.165) is 41.5 Å². The maximum Gasteiger partial charge on any atom is 0.254 e. The van der Waals surface area contributed by atoms with Crippen molar-refractivity contribution in [3.8, 4) is 0 Å². The molecular weight excluding hydrogens is 316 g/mol. The van der Waals surface area contributed by atoms with Crippen molar-refractivity contribution in [2.75, 3.05) is 13.1 Å². The normalized spacial score (nSPS) is 22.0. The Balaban J connectivity index is 1.79. The van der Waals surface area contributed by atoms with Crippen LogP contribution >= 0.6 is 15.9 Å². The molecule has 0 aromatic heterocycles. The van der Waals surface area contributed by atoms with Crippen LogP contribution in [0.15, 0.2) is 22.7 Å². The number of carbonyl (C=O) groups is 1. The number of nitrogens with one attached hydrogen (secondary N) is 1. The first-order valence-corrected chi connectivity index (χ1v) is 8.25. The zero-order valence-electron chi connectivity index (χ0n) is 11.9. The topological polar surface area (TPSA) is 32.3 Å². The second-order valence-corrected chi connectivity index (χ2v) is 6.75. The van der Waals surface area contributed by atoms with Gasteiger partial charge in [-0.15, -0.1) is 0 Å². The highest BCUT2D eigenvalue weighted by atomic mass is 79.9. The van der Waals surface area contributed by atoms with Gasteiger partial charge in [-0.3, -0.25) is 4.79 Å². The van der Waals surface area contributed by atoms with E-state index in [0.29, 0.717) is 12.1 Å². The Morgan fingerprint density at radius 1 is 1.40 bits per heavy atom. The third kappa shape index (κ3) is 2.91. The van der Waals surface area contributed by atoms with Gasteiger partial charge >= 0.3 is 0 Å². The first-order valence-electron chi connectivity index (χ1n) is 7.46. The number of hydrogen-bond acceptors (Lipinski definition) is 2. The van der Waals surface area contributed by atoms with E-state index in [1.165, 1.54) is 12.8 Å². The fraction of sp³-hybridized carbons (Fsp3) is 0.562. The Hall–Kier alpha value is -0.870. The van der Waals surface area contributed by atoms with Gasteiger partial charge < -0.3 is 10.2 Å². The van der Waals surface area contributed by atoms with E-state index >= 15 is 0 Å². The van der Waals surface area contributed by atoms with Gasteiger partial charge in [-0.1, -0.05) is 22.0 Å². The molecule has 1 aliphatic heterocycles. The summed E-state index contributed by atoms with van der Waals surface area (Å²) >= 11 is 3.52. The molecule has 1 aromatic carbocycles. The van der Waals surface area contributed by atoms with Crippen LogP contribution in [-0.2, 0) is 0 Å². The molecule has 2 fully saturated rings. The first kappa shape index (κ1) is 14.1. The van der Waals surface area contributed by atoms with Crippen LogP contribution in [0.5, 0.6) is 0 Å². The summed E-state index contributed by atoms with van der Waals surface area (Å²) in [6, 6.07) is 6.82. The molecule has 108 valence electrons. The van der Waals surface area contributed by atoms with Gasteiger partial charge in [0.05, 0.1) is 0 Å². The maximum absolute atomic E-state index is 12.9. The summed E-state index contributed by atoms with van der Waals surface area (Å²) in [6.45, 7) is 3.96. The molecule has 0 bridgehead atoms. The van der Waals surface area contributed by atoms with Crippen molar-refractivity contribution in [3.05, 3.63) is 33.8 Å². The van der Waals surface area contributed by atoms with Crippen LogP contribution in [0.25, 0.3) is 0 Å². The average molecular weight is 337 g/mol. The summed E-state index contributed by atoms with van der Waals surface area (Å²) < 4.78 is 1.01. The summed E-state index contributed by atoms with van der Waals surface area (Å²) in [5, 5.41) is 3.50. The summed E-state index contributed by atoms with van der Waals surface area (Å²) in [5.41, 5.74) is 1.88. The standard InChI is InChI=1S/C16H21BrN2O/c1-11-14(5-2-6-15(11)17)16(20)19(13-7-8-13)10-12-4-3-9-18-12/h2,5-6,12-13,18H,3-4,7-10H2,1H3. The molecule has 1 saturated carbocycles. The van der Waals surface area contributed by atoms with Crippen LogP contribution in [0.2, 0.25) is 0 Å². The minimum absolute atomic E-state index is 0.194. The number of hydrogen-bond donors (Lipinski definition) is 1. The van der Waals surface area contributed by atoms with Gasteiger partial charge in [0, 0.05) is 28.7 Å². The fourth-order valence-electron chi connectivity index (χ4n) is 2.93. The van der Waals surface area contributed by atoms with Crippen molar-refractivity contribution in [2.45, 2.75) is 44.7 Å². The number of amides is 1. The SMILES string of the molecule is Cc1c(Br)cccc1C(=O)N(CC1CCCN1)C1CC1. The summed E-state index contributed by atoms with van der Waals surface area (Å²) in [6.07, 6.45) is 4.73. The second kappa shape index (κ2) is 5.86. The van der Waals surface area contributed by atoms with Crippen LogP contribution in [0, 0.1) is 6.92 Å². The van der Waals surface area contributed by atoms with E-state index in [1.54, 1.807) is 0 Å². The molecule has 2 aliphatic rings. The maximum atomic E-state index is 12.9. The molecule has 1 unspecified atom stereocenters. The molecule has 1 amide bonds. The molecule has 1 heterocycles. The van der Waals surface area contributed by atoms with E-state index in [-0.39, 0.29) is 5.91 Å². The van der Waals surface area contributed by atoms with Gasteiger partial charge in [0.25, 0.3) is 5.91 Å². The Kier molecular flexibility index (Phi) is 4.13.